The summed E-state index contributed by atoms with van der Waals surface area (Å²) in [6, 6.07) is 4.73. The van der Waals surface area contributed by atoms with Gasteiger partial charge in [-0.15, -0.1) is 0 Å². The monoisotopic (exact) mass is 430 g/mol. The molecule has 0 spiro atoms. The molecule has 0 aliphatic carbocycles. The van der Waals surface area contributed by atoms with E-state index >= 15 is 0 Å². The Labute approximate surface area is 176 Å². The number of halogens is 3. The van der Waals surface area contributed by atoms with Gasteiger partial charge in [0.2, 0.25) is 0 Å². The zero-order valence-electron chi connectivity index (χ0n) is 17.1. The molecule has 0 aliphatic rings. The zero-order valence-corrected chi connectivity index (χ0v) is 17.1. The van der Waals surface area contributed by atoms with Crippen LogP contribution in [0, 0.1) is 5.82 Å². The van der Waals surface area contributed by atoms with E-state index in [9.17, 15) is 18.0 Å². The summed E-state index contributed by atoms with van der Waals surface area (Å²) in [6.07, 6.45) is 1.31. The van der Waals surface area contributed by atoms with Crippen molar-refractivity contribution in [1.82, 2.24) is 14.8 Å². The molecule has 3 aromatic rings. The molecule has 7 nitrogen and oxygen atoms in total. The molecule has 3 N–H and O–H groups in total. The van der Waals surface area contributed by atoms with Crippen LogP contribution in [0.5, 0.6) is 0 Å². The summed E-state index contributed by atoms with van der Waals surface area (Å²) < 4.78 is 41.9. The number of rotatable bonds is 6. The average molecular weight is 430 g/mol. The molecule has 31 heavy (non-hydrogen) atoms. The Morgan fingerprint density at radius 2 is 2.00 bits per heavy atom. The van der Waals surface area contributed by atoms with Crippen molar-refractivity contribution < 1.29 is 13.2 Å². The van der Waals surface area contributed by atoms with Crippen molar-refractivity contribution in [3.63, 3.8) is 0 Å². The lowest BCUT2D eigenvalue weighted by Gasteiger charge is -2.19. The van der Waals surface area contributed by atoms with Gasteiger partial charge in [-0.1, -0.05) is 18.2 Å². The normalized spacial score (nSPS) is 13.3. The van der Waals surface area contributed by atoms with Gasteiger partial charge in [-0.2, -0.15) is 5.10 Å². The van der Waals surface area contributed by atoms with Crippen LogP contribution in [-0.2, 0) is 7.05 Å². The largest absolute Gasteiger partial charge is 0.404 e. The standard InChI is InChI=1S/C21H21F3N6O/c1-11(13-5-4-6-14(18(13)22)19(23)24)28-20-15-7-17(12(8-25)9-26-2)27-10-16(15)21(31)30(3)29-20/h4-11,19H,25H2,1-3H3,(H,28,29)/t11-/m1/s1. The maximum absolute atomic E-state index is 14.6. The van der Waals surface area contributed by atoms with Gasteiger partial charge >= 0.3 is 0 Å². The Balaban J connectivity index is 2.12. The number of hydrogen-bond acceptors (Lipinski definition) is 6. The molecule has 0 bridgehead atoms. The highest BCUT2D eigenvalue weighted by atomic mass is 19.3. The summed E-state index contributed by atoms with van der Waals surface area (Å²) in [6.45, 7) is 1.61. The van der Waals surface area contributed by atoms with E-state index in [1.807, 2.05) is 0 Å². The number of aromatic nitrogens is 3. The molecule has 2 aromatic heterocycles. The Kier molecular flexibility index (Phi) is 6.38. The smallest absolute Gasteiger partial charge is 0.276 e. The fourth-order valence-corrected chi connectivity index (χ4v) is 3.20. The van der Waals surface area contributed by atoms with Crippen LogP contribution in [0.15, 0.2) is 46.4 Å². The number of benzene rings is 1. The number of aliphatic imine (C=N–C) groups is 1. The number of pyridine rings is 1. The molecule has 0 fully saturated rings. The van der Waals surface area contributed by atoms with E-state index in [1.165, 1.54) is 37.8 Å². The van der Waals surface area contributed by atoms with E-state index in [-0.39, 0.29) is 22.3 Å². The molecule has 1 aromatic carbocycles. The molecule has 2 heterocycles. The quantitative estimate of drug-likeness (QED) is 0.583. The summed E-state index contributed by atoms with van der Waals surface area (Å²) >= 11 is 0. The van der Waals surface area contributed by atoms with E-state index < -0.39 is 23.8 Å². The lowest BCUT2D eigenvalue weighted by molar-refractivity contribution is 0.146. The van der Waals surface area contributed by atoms with Gasteiger partial charge in [0.25, 0.3) is 12.0 Å². The Bertz CT molecular complexity index is 1240. The first-order valence-corrected chi connectivity index (χ1v) is 9.33. The van der Waals surface area contributed by atoms with Gasteiger partial charge in [0.15, 0.2) is 5.82 Å². The summed E-state index contributed by atoms with van der Waals surface area (Å²) in [5.41, 5.74) is 5.63. The number of nitrogens with zero attached hydrogens (tertiary/aromatic N) is 4. The number of allylic oxidation sites excluding steroid dienone is 1. The van der Waals surface area contributed by atoms with Crippen LogP contribution in [-0.4, -0.2) is 28.0 Å². The predicted molar refractivity (Wildman–Crippen MR) is 115 cm³/mol. The topological polar surface area (TPSA) is 98.2 Å². The lowest BCUT2D eigenvalue weighted by Crippen LogP contribution is -2.23. The summed E-state index contributed by atoms with van der Waals surface area (Å²) in [4.78, 5) is 20.7. The summed E-state index contributed by atoms with van der Waals surface area (Å²) in [5, 5.41) is 7.97. The number of alkyl halides is 2. The van der Waals surface area contributed by atoms with E-state index in [1.54, 1.807) is 20.0 Å². The third kappa shape index (κ3) is 4.27. The third-order valence-electron chi connectivity index (χ3n) is 4.79. The summed E-state index contributed by atoms with van der Waals surface area (Å²) in [5.74, 6) is -0.721. The molecule has 3 rings (SSSR count). The summed E-state index contributed by atoms with van der Waals surface area (Å²) in [7, 11) is 3.05. The second-order valence-electron chi connectivity index (χ2n) is 6.82. The minimum Gasteiger partial charge on any atom is -0.404 e. The van der Waals surface area contributed by atoms with Crippen LogP contribution in [0.25, 0.3) is 16.3 Å². The fourth-order valence-electron chi connectivity index (χ4n) is 3.20. The average Bonchev–Trinajstić information content (AvgIpc) is 2.75. The van der Waals surface area contributed by atoms with Gasteiger partial charge in [0.05, 0.1) is 22.7 Å². The SMILES string of the molecule is CN=CC(=CN)c1cc2c(N[C@H](C)c3cccc(C(F)F)c3F)nn(C)c(=O)c2cn1. The molecule has 162 valence electrons. The van der Waals surface area contributed by atoms with Crippen molar-refractivity contribution in [2.45, 2.75) is 19.4 Å². The lowest BCUT2D eigenvalue weighted by atomic mass is 10.0. The van der Waals surface area contributed by atoms with Gasteiger partial charge in [-0.3, -0.25) is 14.8 Å². The molecule has 0 saturated heterocycles. The number of aryl methyl sites for hydroxylation is 1. The number of anilines is 1. The van der Waals surface area contributed by atoms with Gasteiger partial charge in [-0.25, -0.2) is 17.9 Å². The first kappa shape index (κ1) is 22.0. The molecule has 0 amide bonds. The van der Waals surface area contributed by atoms with Crippen molar-refractivity contribution in [3.8, 4) is 0 Å². The number of nitrogens with two attached hydrogens (primary N) is 1. The Morgan fingerprint density at radius 3 is 2.65 bits per heavy atom. The zero-order chi connectivity index (χ0) is 22.7. The van der Waals surface area contributed by atoms with E-state index in [0.717, 1.165) is 10.7 Å². The van der Waals surface area contributed by atoms with Crippen LogP contribution < -0.4 is 16.6 Å². The minimum absolute atomic E-state index is 0.0524. The second-order valence-corrected chi connectivity index (χ2v) is 6.82. The fraction of sp³-hybridized carbons (Fsp3) is 0.238. The molecule has 0 radical (unpaired) electrons. The first-order chi connectivity index (χ1) is 14.8. The molecule has 0 unspecified atom stereocenters. The highest BCUT2D eigenvalue weighted by Crippen LogP contribution is 2.30. The molecule has 0 aliphatic heterocycles. The Hall–Kier alpha value is -3.69. The van der Waals surface area contributed by atoms with Crippen LogP contribution in [0.3, 0.4) is 0 Å². The minimum atomic E-state index is -2.93. The van der Waals surface area contributed by atoms with Crippen molar-refractivity contribution in [2.75, 3.05) is 12.4 Å². The van der Waals surface area contributed by atoms with E-state index in [0.29, 0.717) is 16.7 Å². The van der Waals surface area contributed by atoms with Crippen LogP contribution >= 0.6 is 0 Å². The van der Waals surface area contributed by atoms with Gasteiger partial charge in [0.1, 0.15) is 5.82 Å². The van der Waals surface area contributed by atoms with E-state index in [4.69, 9.17) is 5.73 Å². The maximum atomic E-state index is 14.6. The molecule has 1 atom stereocenters. The third-order valence-corrected chi connectivity index (χ3v) is 4.79. The van der Waals surface area contributed by atoms with Crippen molar-refractivity contribution >= 4 is 28.4 Å². The Morgan fingerprint density at radius 1 is 1.29 bits per heavy atom. The van der Waals surface area contributed by atoms with Crippen molar-refractivity contribution in [2.24, 2.45) is 17.8 Å². The predicted octanol–water partition coefficient (Wildman–Crippen LogP) is 3.58. The van der Waals surface area contributed by atoms with Crippen molar-refractivity contribution in [3.05, 3.63) is 69.7 Å². The van der Waals surface area contributed by atoms with E-state index in [2.05, 4.69) is 20.4 Å². The number of fused-ring (bicyclic) bond motifs is 1. The second kappa shape index (κ2) is 8.99. The van der Waals surface area contributed by atoms with Crippen LogP contribution in [0.2, 0.25) is 0 Å². The van der Waals surface area contributed by atoms with Gasteiger partial charge < -0.3 is 11.1 Å². The number of hydrogen-bond donors (Lipinski definition) is 2. The molecular formula is C21H21F3N6O. The highest BCUT2D eigenvalue weighted by Gasteiger charge is 2.21. The first-order valence-electron chi connectivity index (χ1n) is 9.33. The number of nitrogens with one attached hydrogen (secondary N) is 1. The van der Waals surface area contributed by atoms with Crippen LogP contribution in [0.1, 0.15) is 36.2 Å². The van der Waals surface area contributed by atoms with Gasteiger partial charge in [0, 0.05) is 49.2 Å². The molecule has 0 saturated carbocycles. The van der Waals surface area contributed by atoms with Crippen molar-refractivity contribution in [1.29, 1.82) is 0 Å². The highest BCUT2D eigenvalue weighted by molar-refractivity contribution is 6.10. The van der Waals surface area contributed by atoms with Gasteiger partial charge in [-0.05, 0) is 13.0 Å². The maximum Gasteiger partial charge on any atom is 0.276 e. The molecule has 10 heteroatoms. The van der Waals surface area contributed by atoms with Crippen LogP contribution in [0.4, 0.5) is 19.0 Å². The molecular weight excluding hydrogens is 409 g/mol.